The van der Waals surface area contributed by atoms with Gasteiger partial charge in [0.25, 0.3) is 0 Å². The van der Waals surface area contributed by atoms with Gasteiger partial charge in [0, 0.05) is 12.5 Å². The first-order valence-electron chi connectivity index (χ1n) is 8.52. The van der Waals surface area contributed by atoms with E-state index in [-0.39, 0.29) is 37.0 Å². The molecule has 0 aliphatic heterocycles. The third-order valence-corrected chi connectivity index (χ3v) is 3.73. The lowest BCUT2D eigenvalue weighted by Crippen LogP contribution is -2.11. The van der Waals surface area contributed by atoms with Crippen LogP contribution < -0.4 is 4.74 Å². The third kappa shape index (κ3) is 7.08. The number of carboxylic acids is 1. The van der Waals surface area contributed by atoms with E-state index in [4.69, 9.17) is 14.7 Å². The molecule has 0 saturated carbocycles. The minimum Gasteiger partial charge on any atom is -0.507 e. The first-order valence-corrected chi connectivity index (χ1v) is 8.52. The molecule has 0 heterocycles. The highest BCUT2D eigenvalue weighted by atomic mass is 19.4. The normalized spacial score (nSPS) is 12.2. The maximum atomic E-state index is 12.8. The molecular weight excluding hydrogens is 436 g/mol. The second-order valence-electron chi connectivity index (χ2n) is 6.09. The predicted octanol–water partition coefficient (Wildman–Crippen LogP) is 4.95. The Morgan fingerprint density at radius 2 is 1.58 bits per heavy atom. The van der Waals surface area contributed by atoms with Gasteiger partial charge in [-0.05, 0) is 35.9 Å². The van der Waals surface area contributed by atoms with Crippen LogP contribution in [0, 0.1) is 0 Å². The molecule has 6 nitrogen and oxygen atoms in total. The van der Waals surface area contributed by atoms with Crippen molar-refractivity contribution in [1.29, 1.82) is 0 Å². The summed E-state index contributed by atoms with van der Waals surface area (Å²) >= 11 is 0. The highest BCUT2D eigenvalue weighted by Crippen LogP contribution is 2.36. The summed E-state index contributed by atoms with van der Waals surface area (Å²) in [6.45, 7) is -0.00998. The lowest BCUT2D eigenvalue weighted by Gasteiger charge is -2.12. The fraction of sp³-hybridized carbons (Fsp3) is 0.263. The maximum absolute atomic E-state index is 12.8. The van der Waals surface area contributed by atoms with E-state index in [9.17, 15) is 36.2 Å². The van der Waals surface area contributed by atoms with Crippen molar-refractivity contribution in [3.05, 3.63) is 58.7 Å². The summed E-state index contributed by atoms with van der Waals surface area (Å²) in [4.78, 5) is 15.6. The average molecular weight is 451 g/mol. The van der Waals surface area contributed by atoms with Gasteiger partial charge in [-0.3, -0.25) is 0 Å². The summed E-state index contributed by atoms with van der Waals surface area (Å²) in [6.07, 6.45) is -8.96. The molecule has 2 aromatic carbocycles. The van der Waals surface area contributed by atoms with Gasteiger partial charge in [0.2, 0.25) is 0 Å². The van der Waals surface area contributed by atoms with E-state index in [2.05, 4.69) is 5.16 Å². The SMILES string of the molecule is O=C(O)c1ccc(OCCCO/N=C/c2cc(C(F)(F)F)cc(C(F)(F)F)c2)cc1O. The zero-order valence-electron chi connectivity index (χ0n) is 15.5. The molecule has 0 fully saturated rings. The van der Waals surface area contributed by atoms with Gasteiger partial charge < -0.3 is 19.8 Å². The number of benzene rings is 2. The van der Waals surface area contributed by atoms with Crippen LogP contribution in [0.5, 0.6) is 11.5 Å². The number of aromatic hydroxyl groups is 1. The van der Waals surface area contributed by atoms with Gasteiger partial charge >= 0.3 is 18.3 Å². The highest BCUT2D eigenvalue weighted by Gasteiger charge is 2.36. The lowest BCUT2D eigenvalue weighted by atomic mass is 10.1. The van der Waals surface area contributed by atoms with Crippen molar-refractivity contribution in [2.24, 2.45) is 5.16 Å². The van der Waals surface area contributed by atoms with E-state index in [1.54, 1.807) is 0 Å². The predicted molar refractivity (Wildman–Crippen MR) is 95.2 cm³/mol. The number of oxime groups is 1. The van der Waals surface area contributed by atoms with Crippen molar-refractivity contribution in [2.45, 2.75) is 18.8 Å². The molecule has 2 rings (SSSR count). The molecule has 2 aromatic rings. The minimum absolute atomic E-state index is 0.0102. The number of rotatable bonds is 8. The molecule has 0 aliphatic rings. The molecule has 0 atom stereocenters. The number of carboxylic acid groups (broad SMARTS) is 1. The monoisotopic (exact) mass is 451 g/mol. The standard InChI is InChI=1S/C19H15F6NO5/c20-18(21,22)12-6-11(7-13(8-12)19(23,24)25)10-26-31-5-1-4-30-14-2-3-15(17(28)29)16(27)9-14/h2-3,6-10,27H,1,4-5H2,(H,28,29)/b26-10+. The van der Waals surface area contributed by atoms with Crippen molar-refractivity contribution in [3.63, 3.8) is 0 Å². The molecule has 0 aliphatic carbocycles. The van der Waals surface area contributed by atoms with Crippen LogP contribution in [0.2, 0.25) is 0 Å². The van der Waals surface area contributed by atoms with Crippen LogP contribution in [0.3, 0.4) is 0 Å². The smallest absolute Gasteiger partial charge is 0.416 e. The van der Waals surface area contributed by atoms with Crippen molar-refractivity contribution in [3.8, 4) is 11.5 Å². The Balaban J connectivity index is 1.88. The fourth-order valence-electron chi connectivity index (χ4n) is 2.30. The highest BCUT2D eigenvalue weighted by molar-refractivity contribution is 5.90. The minimum atomic E-state index is -4.96. The van der Waals surface area contributed by atoms with Crippen LogP contribution in [-0.2, 0) is 17.2 Å². The van der Waals surface area contributed by atoms with Gasteiger partial charge in [-0.1, -0.05) is 5.16 Å². The van der Waals surface area contributed by atoms with Gasteiger partial charge in [0.1, 0.15) is 23.7 Å². The van der Waals surface area contributed by atoms with Crippen molar-refractivity contribution >= 4 is 12.2 Å². The Hall–Kier alpha value is -3.44. The van der Waals surface area contributed by atoms with Crippen LogP contribution in [0.4, 0.5) is 26.3 Å². The van der Waals surface area contributed by atoms with E-state index in [1.807, 2.05) is 0 Å². The molecule has 31 heavy (non-hydrogen) atoms. The van der Waals surface area contributed by atoms with Gasteiger partial charge in [-0.25, -0.2) is 4.79 Å². The van der Waals surface area contributed by atoms with Crippen LogP contribution in [0.15, 0.2) is 41.6 Å². The van der Waals surface area contributed by atoms with E-state index < -0.39 is 40.8 Å². The molecule has 0 radical (unpaired) electrons. The number of ether oxygens (including phenoxy) is 1. The number of alkyl halides is 6. The molecule has 0 saturated heterocycles. The lowest BCUT2D eigenvalue weighted by molar-refractivity contribution is -0.143. The first kappa shape index (κ1) is 23.8. The molecule has 0 bridgehead atoms. The number of phenols is 1. The van der Waals surface area contributed by atoms with Crippen LogP contribution >= 0.6 is 0 Å². The topological polar surface area (TPSA) is 88.4 Å². The summed E-state index contributed by atoms with van der Waals surface area (Å²) < 4.78 is 82.0. The van der Waals surface area contributed by atoms with Gasteiger partial charge in [0.05, 0.1) is 23.9 Å². The summed E-state index contributed by atoms with van der Waals surface area (Å²) in [5.74, 6) is -1.60. The Morgan fingerprint density at radius 3 is 2.10 bits per heavy atom. The summed E-state index contributed by atoms with van der Waals surface area (Å²) in [5, 5.41) is 21.7. The van der Waals surface area contributed by atoms with E-state index in [0.717, 1.165) is 18.3 Å². The van der Waals surface area contributed by atoms with E-state index >= 15 is 0 Å². The van der Waals surface area contributed by atoms with Crippen molar-refractivity contribution in [1.82, 2.24) is 0 Å². The molecule has 0 unspecified atom stereocenters. The zero-order valence-corrected chi connectivity index (χ0v) is 15.5. The molecule has 0 spiro atoms. The van der Waals surface area contributed by atoms with Crippen LogP contribution in [-0.4, -0.2) is 35.6 Å². The second-order valence-corrected chi connectivity index (χ2v) is 6.09. The van der Waals surface area contributed by atoms with Gasteiger partial charge in [-0.15, -0.1) is 0 Å². The Bertz CT molecular complexity index is 924. The molecule has 0 aromatic heterocycles. The number of hydrogen-bond donors (Lipinski definition) is 2. The Kier molecular flexibility index (Phi) is 7.37. The summed E-state index contributed by atoms with van der Waals surface area (Å²) in [7, 11) is 0. The largest absolute Gasteiger partial charge is 0.507 e. The van der Waals surface area contributed by atoms with Gasteiger partial charge in [0.15, 0.2) is 0 Å². The molecule has 0 amide bonds. The average Bonchev–Trinajstić information content (AvgIpc) is 2.65. The van der Waals surface area contributed by atoms with E-state index in [0.29, 0.717) is 12.1 Å². The number of carbonyl (C=O) groups is 1. The van der Waals surface area contributed by atoms with Crippen molar-refractivity contribution in [2.75, 3.05) is 13.2 Å². The zero-order chi connectivity index (χ0) is 23.2. The number of nitrogens with zero attached hydrogens (tertiary/aromatic N) is 1. The third-order valence-electron chi connectivity index (χ3n) is 3.73. The van der Waals surface area contributed by atoms with Crippen molar-refractivity contribution < 1.29 is 50.9 Å². The number of aromatic carboxylic acids is 1. The van der Waals surface area contributed by atoms with E-state index in [1.165, 1.54) is 6.07 Å². The fourth-order valence-corrected chi connectivity index (χ4v) is 2.30. The van der Waals surface area contributed by atoms with Crippen LogP contribution in [0.25, 0.3) is 0 Å². The second kappa shape index (κ2) is 9.58. The van der Waals surface area contributed by atoms with Crippen LogP contribution in [0.1, 0.15) is 33.5 Å². The molecule has 12 heteroatoms. The maximum Gasteiger partial charge on any atom is 0.416 e. The molecular formula is C19H15F6NO5. The quantitative estimate of drug-likeness (QED) is 0.257. The summed E-state index contributed by atoms with van der Waals surface area (Å²) in [6, 6.07) is 4.62. The number of halogens is 6. The first-order chi connectivity index (χ1) is 14.4. The molecule has 2 N–H and O–H groups in total. The molecule has 168 valence electrons. The Morgan fingerprint density at radius 1 is 0.968 bits per heavy atom. The number of hydrogen-bond acceptors (Lipinski definition) is 5. The Labute approximate surface area is 171 Å². The van der Waals surface area contributed by atoms with Gasteiger partial charge in [-0.2, -0.15) is 26.3 Å². The summed E-state index contributed by atoms with van der Waals surface area (Å²) in [5.41, 5.74) is -3.66.